The van der Waals surface area contributed by atoms with Gasteiger partial charge in [-0.1, -0.05) is 5.92 Å². The predicted octanol–water partition coefficient (Wildman–Crippen LogP) is -1.55. The number of aromatic nitrogens is 3. The molecule has 126 valence electrons. The van der Waals surface area contributed by atoms with Crippen LogP contribution < -0.4 is 5.73 Å². The second-order valence-corrected chi connectivity index (χ2v) is 5.84. The highest BCUT2D eigenvalue weighted by Crippen LogP contribution is 2.29. The molecule has 1 aliphatic heterocycles. The maximum Gasteiger partial charge on any atom is 0.286 e. The van der Waals surface area contributed by atoms with Crippen molar-refractivity contribution in [2.45, 2.75) is 24.5 Å². The molecule has 0 radical (unpaired) electrons. The molecule has 4 atom stereocenters. The highest BCUT2D eigenvalue weighted by Gasteiger charge is 2.45. The number of carbonyl (C=O) groups excluding carboxylic acids is 1. The molecule has 0 aromatic carbocycles. The van der Waals surface area contributed by atoms with Crippen molar-refractivity contribution in [1.82, 2.24) is 14.8 Å². The van der Waals surface area contributed by atoms with Gasteiger partial charge in [-0.2, -0.15) is 16.3 Å². The maximum absolute atomic E-state index is 11.6. The molecule has 9 nitrogen and oxygen atoms in total. The average Bonchev–Trinajstić information content (AvgIpc) is 3.26. The minimum absolute atomic E-state index is 0.0211. The molecule has 1 aliphatic rings. The predicted molar refractivity (Wildman–Crippen MR) is 81.8 cm³/mol. The number of thiophene rings is 1. The first-order valence-corrected chi connectivity index (χ1v) is 7.88. The first kappa shape index (κ1) is 16.6. The second kappa shape index (κ2) is 6.68. The number of aliphatic hydroxyl groups excluding tert-OH is 3. The number of rotatable bonds is 3. The lowest BCUT2D eigenvalue weighted by molar-refractivity contribution is -0.0595. The average molecular weight is 350 g/mol. The van der Waals surface area contributed by atoms with Gasteiger partial charge < -0.3 is 25.8 Å². The first-order chi connectivity index (χ1) is 11.5. The third-order valence-electron chi connectivity index (χ3n) is 3.45. The van der Waals surface area contributed by atoms with Crippen molar-refractivity contribution in [3.05, 3.63) is 34.0 Å². The van der Waals surface area contributed by atoms with Gasteiger partial charge in [0.05, 0.1) is 6.61 Å². The maximum atomic E-state index is 11.6. The van der Waals surface area contributed by atoms with Crippen LogP contribution in [-0.2, 0) is 4.74 Å². The number of carbonyl (C=O) groups is 1. The fourth-order valence-electron chi connectivity index (χ4n) is 2.27. The highest BCUT2D eigenvalue weighted by molar-refractivity contribution is 7.08. The topological polar surface area (TPSA) is 144 Å². The molecule has 0 bridgehead atoms. The van der Waals surface area contributed by atoms with E-state index < -0.39 is 37.1 Å². The van der Waals surface area contributed by atoms with Crippen LogP contribution in [0.3, 0.4) is 0 Å². The SMILES string of the molecule is NC(=O)c1nc(C#Cc2ccsc2)nn1[C@@H]1O[C@H](CO)[C@@H](O)[C@H]1O. The van der Waals surface area contributed by atoms with Gasteiger partial charge in [0.1, 0.15) is 18.3 Å². The zero-order valence-electron chi connectivity index (χ0n) is 12.2. The van der Waals surface area contributed by atoms with Gasteiger partial charge in [-0.15, -0.1) is 5.10 Å². The fraction of sp³-hybridized carbons (Fsp3) is 0.357. The minimum atomic E-state index is -1.40. The van der Waals surface area contributed by atoms with Gasteiger partial charge in [0.2, 0.25) is 11.6 Å². The summed E-state index contributed by atoms with van der Waals surface area (Å²) < 4.78 is 6.31. The van der Waals surface area contributed by atoms with E-state index >= 15 is 0 Å². The molecule has 0 saturated carbocycles. The molecule has 1 amide bonds. The second-order valence-electron chi connectivity index (χ2n) is 5.06. The monoisotopic (exact) mass is 350 g/mol. The zero-order valence-corrected chi connectivity index (χ0v) is 13.1. The Morgan fingerprint density at radius 3 is 2.79 bits per heavy atom. The van der Waals surface area contributed by atoms with Gasteiger partial charge in [-0.25, -0.2) is 4.68 Å². The van der Waals surface area contributed by atoms with Crippen molar-refractivity contribution in [2.24, 2.45) is 5.73 Å². The Bertz CT molecular complexity index is 794. The lowest BCUT2D eigenvalue weighted by Crippen LogP contribution is -2.34. The lowest BCUT2D eigenvalue weighted by Gasteiger charge is -2.15. The number of nitrogens with zero attached hydrogens (tertiary/aromatic N) is 3. The van der Waals surface area contributed by atoms with Crippen LogP contribution in [0.1, 0.15) is 28.2 Å². The number of hydrogen-bond donors (Lipinski definition) is 4. The van der Waals surface area contributed by atoms with Gasteiger partial charge >= 0.3 is 0 Å². The summed E-state index contributed by atoms with van der Waals surface area (Å²) in [5.41, 5.74) is 6.04. The van der Waals surface area contributed by atoms with Crippen LogP contribution in [0.2, 0.25) is 0 Å². The van der Waals surface area contributed by atoms with Crippen LogP contribution in [0.15, 0.2) is 16.8 Å². The van der Waals surface area contributed by atoms with Crippen molar-refractivity contribution < 1.29 is 24.9 Å². The van der Waals surface area contributed by atoms with Gasteiger partial charge in [0, 0.05) is 10.9 Å². The molecular weight excluding hydrogens is 336 g/mol. The van der Waals surface area contributed by atoms with E-state index in [-0.39, 0.29) is 11.6 Å². The van der Waals surface area contributed by atoms with Crippen LogP contribution in [0.25, 0.3) is 0 Å². The Morgan fingerprint density at radius 1 is 1.42 bits per heavy atom. The van der Waals surface area contributed by atoms with Crippen LogP contribution in [0, 0.1) is 11.8 Å². The largest absolute Gasteiger partial charge is 0.394 e. The van der Waals surface area contributed by atoms with Gasteiger partial charge in [-0.3, -0.25) is 4.79 Å². The Kier molecular flexibility index (Phi) is 4.61. The van der Waals surface area contributed by atoms with Crippen molar-refractivity contribution in [3.8, 4) is 11.8 Å². The molecule has 1 fully saturated rings. The number of aliphatic hydroxyl groups is 3. The molecule has 2 aromatic heterocycles. The molecule has 10 heteroatoms. The third kappa shape index (κ3) is 3.03. The summed E-state index contributed by atoms with van der Waals surface area (Å²) in [6.07, 6.45) is -4.94. The number of hydrogen-bond acceptors (Lipinski definition) is 8. The lowest BCUT2D eigenvalue weighted by atomic mass is 10.1. The minimum Gasteiger partial charge on any atom is -0.394 e. The van der Waals surface area contributed by atoms with Crippen LogP contribution in [0.5, 0.6) is 0 Å². The van der Waals surface area contributed by atoms with E-state index in [2.05, 4.69) is 21.9 Å². The first-order valence-electron chi connectivity index (χ1n) is 6.94. The van der Waals surface area contributed by atoms with Crippen molar-refractivity contribution in [3.63, 3.8) is 0 Å². The van der Waals surface area contributed by atoms with E-state index in [9.17, 15) is 15.0 Å². The van der Waals surface area contributed by atoms with Gasteiger partial charge in [0.25, 0.3) is 5.91 Å². The smallest absolute Gasteiger partial charge is 0.286 e. The summed E-state index contributed by atoms with van der Waals surface area (Å²) in [4.78, 5) is 15.5. The Labute approximate surface area is 140 Å². The molecule has 0 unspecified atom stereocenters. The molecule has 1 saturated heterocycles. The van der Waals surface area contributed by atoms with Gasteiger partial charge in [0.15, 0.2) is 6.23 Å². The molecule has 0 aliphatic carbocycles. The van der Waals surface area contributed by atoms with E-state index in [0.717, 1.165) is 10.2 Å². The molecule has 3 rings (SSSR count). The standard InChI is InChI=1S/C14H14N4O5S/c15-12(22)13-16-9(2-1-7-3-4-24-6-7)17-18(13)14-11(21)10(20)8(5-19)23-14/h3-4,6,8,10-11,14,19-21H,5H2,(H2,15,22)/t8-,10-,11-,14-/m1/s1. The Morgan fingerprint density at radius 2 is 2.21 bits per heavy atom. The summed E-state index contributed by atoms with van der Waals surface area (Å²) in [5, 5.41) is 36.7. The Balaban J connectivity index is 1.94. The summed E-state index contributed by atoms with van der Waals surface area (Å²) in [5.74, 6) is 4.39. The summed E-state index contributed by atoms with van der Waals surface area (Å²) in [6, 6.07) is 1.82. The third-order valence-corrected chi connectivity index (χ3v) is 4.13. The summed E-state index contributed by atoms with van der Waals surface area (Å²) >= 11 is 1.48. The van der Waals surface area contributed by atoms with Crippen molar-refractivity contribution in [1.29, 1.82) is 0 Å². The molecule has 0 spiro atoms. The fourth-order valence-corrected chi connectivity index (χ4v) is 2.86. The molecule has 3 heterocycles. The van der Waals surface area contributed by atoms with Crippen LogP contribution >= 0.6 is 11.3 Å². The van der Waals surface area contributed by atoms with Gasteiger partial charge in [-0.05, 0) is 17.4 Å². The van der Waals surface area contributed by atoms with Crippen LogP contribution in [-0.4, -0.2) is 60.9 Å². The van der Waals surface area contributed by atoms with Crippen LogP contribution in [0.4, 0.5) is 0 Å². The molecule has 2 aromatic rings. The molecule has 24 heavy (non-hydrogen) atoms. The number of ether oxygens (including phenoxy) is 1. The van der Waals surface area contributed by atoms with E-state index in [4.69, 9.17) is 15.6 Å². The van der Waals surface area contributed by atoms with Crippen molar-refractivity contribution in [2.75, 3.05) is 6.61 Å². The van der Waals surface area contributed by atoms with E-state index in [1.165, 1.54) is 11.3 Å². The molecule has 5 N–H and O–H groups in total. The van der Waals surface area contributed by atoms with E-state index in [0.29, 0.717) is 0 Å². The quantitative estimate of drug-likeness (QED) is 0.491. The number of primary amides is 1. The summed E-state index contributed by atoms with van der Waals surface area (Å²) in [7, 11) is 0. The molecular formula is C14H14N4O5S. The highest BCUT2D eigenvalue weighted by atomic mass is 32.1. The normalized spacial score (nSPS) is 26.1. The summed E-state index contributed by atoms with van der Waals surface area (Å²) in [6.45, 7) is -0.500. The van der Waals surface area contributed by atoms with Crippen molar-refractivity contribution >= 4 is 17.2 Å². The van der Waals surface area contributed by atoms with E-state index in [1.807, 2.05) is 16.8 Å². The van der Waals surface area contributed by atoms with E-state index in [1.54, 1.807) is 0 Å². The Hall–Kier alpha value is -2.29. The number of amides is 1. The zero-order chi connectivity index (χ0) is 17.3. The number of nitrogens with two attached hydrogens (primary N) is 1.